The van der Waals surface area contributed by atoms with E-state index in [1.54, 1.807) is 36.7 Å². The lowest BCUT2D eigenvalue weighted by molar-refractivity contribution is -0.132. The van der Waals surface area contributed by atoms with Crippen molar-refractivity contribution < 1.29 is 28.2 Å². The van der Waals surface area contributed by atoms with Gasteiger partial charge in [-0.15, -0.1) is 0 Å². The highest BCUT2D eigenvalue weighted by Crippen LogP contribution is 2.26. The number of hydrogen-bond acceptors (Lipinski definition) is 6. The number of amides is 3. The first kappa shape index (κ1) is 23.5. The van der Waals surface area contributed by atoms with Crippen LogP contribution in [0.5, 0.6) is 0 Å². The smallest absolute Gasteiger partial charge is 0.253 e. The third-order valence-corrected chi connectivity index (χ3v) is 5.79. The molecule has 2 fully saturated rings. The van der Waals surface area contributed by atoms with E-state index in [1.807, 2.05) is 0 Å². The molecular formula is C24H25FN4O5. The van der Waals surface area contributed by atoms with Gasteiger partial charge in [0.15, 0.2) is 0 Å². The van der Waals surface area contributed by atoms with E-state index in [9.17, 15) is 18.8 Å². The molecule has 0 spiro atoms. The monoisotopic (exact) mass is 468 g/mol. The number of rotatable bonds is 6. The number of aromatic nitrogens is 1. The Hall–Kier alpha value is -3.63. The fourth-order valence-corrected chi connectivity index (χ4v) is 3.98. The van der Waals surface area contributed by atoms with Gasteiger partial charge in [0.25, 0.3) is 5.91 Å². The predicted molar refractivity (Wildman–Crippen MR) is 122 cm³/mol. The minimum atomic E-state index is -0.823. The van der Waals surface area contributed by atoms with Gasteiger partial charge in [-0.2, -0.15) is 0 Å². The Morgan fingerprint density at radius 3 is 2.88 bits per heavy atom. The normalized spacial score (nSPS) is 20.7. The molecule has 1 aromatic carbocycles. The summed E-state index contributed by atoms with van der Waals surface area (Å²) in [6, 6.07) is 6.91. The number of halogens is 1. The summed E-state index contributed by atoms with van der Waals surface area (Å²) in [4.78, 5) is 44.7. The first-order valence-corrected chi connectivity index (χ1v) is 10.9. The molecule has 178 valence electrons. The molecule has 2 aliphatic rings. The van der Waals surface area contributed by atoms with E-state index in [-0.39, 0.29) is 43.2 Å². The second kappa shape index (κ2) is 10.5. The van der Waals surface area contributed by atoms with Gasteiger partial charge in [0.1, 0.15) is 18.5 Å². The zero-order valence-electron chi connectivity index (χ0n) is 18.6. The summed E-state index contributed by atoms with van der Waals surface area (Å²) in [5.41, 5.74) is 1.11. The zero-order valence-corrected chi connectivity index (χ0v) is 18.6. The second-order valence-electron chi connectivity index (χ2n) is 7.97. The number of carbonyl (C=O) groups is 3. The van der Waals surface area contributed by atoms with Crippen LogP contribution in [0.15, 0.2) is 48.8 Å². The van der Waals surface area contributed by atoms with Crippen LogP contribution >= 0.6 is 0 Å². The second-order valence-corrected chi connectivity index (χ2v) is 7.97. The number of methoxy groups -OCH3 is 1. The maximum atomic E-state index is 14.8. The molecule has 10 heteroatoms. The fraction of sp³-hybridized carbons (Fsp3) is 0.333. The van der Waals surface area contributed by atoms with Crippen LogP contribution in [0.3, 0.4) is 0 Å². The summed E-state index contributed by atoms with van der Waals surface area (Å²) >= 11 is 0. The summed E-state index contributed by atoms with van der Waals surface area (Å²) in [5, 5.41) is 2.57. The maximum Gasteiger partial charge on any atom is 0.253 e. The molecule has 2 aliphatic heterocycles. The fourth-order valence-electron chi connectivity index (χ4n) is 3.98. The molecular weight excluding hydrogens is 443 g/mol. The number of benzene rings is 1. The molecule has 1 N–H and O–H groups in total. The first-order valence-electron chi connectivity index (χ1n) is 10.9. The van der Waals surface area contributed by atoms with Crippen molar-refractivity contribution in [1.29, 1.82) is 0 Å². The van der Waals surface area contributed by atoms with Crippen LogP contribution in [-0.4, -0.2) is 73.2 Å². The van der Waals surface area contributed by atoms with Crippen LogP contribution in [0, 0.1) is 5.82 Å². The predicted octanol–water partition coefficient (Wildman–Crippen LogP) is 1.85. The van der Waals surface area contributed by atoms with Crippen molar-refractivity contribution in [1.82, 2.24) is 9.88 Å². The third kappa shape index (κ3) is 5.29. The minimum Gasteiger partial charge on any atom is -0.380 e. The molecule has 3 heterocycles. The molecule has 4 rings (SSSR count). The van der Waals surface area contributed by atoms with E-state index in [2.05, 4.69) is 10.3 Å². The lowest BCUT2D eigenvalue weighted by Gasteiger charge is -2.27. The van der Waals surface area contributed by atoms with Gasteiger partial charge in [0, 0.05) is 50.8 Å². The Kier molecular flexibility index (Phi) is 7.29. The van der Waals surface area contributed by atoms with Gasteiger partial charge in [0.2, 0.25) is 11.8 Å². The van der Waals surface area contributed by atoms with Gasteiger partial charge in [0.05, 0.1) is 18.4 Å². The van der Waals surface area contributed by atoms with E-state index in [0.717, 1.165) is 5.56 Å². The molecule has 2 atom stereocenters. The van der Waals surface area contributed by atoms with Crippen molar-refractivity contribution >= 4 is 35.2 Å². The summed E-state index contributed by atoms with van der Waals surface area (Å²) in [7, 11) is 1.52. The Morgan fingerprint density at radius 1 is 1.32 bits per heavy atom. The Bertz CT molecular complexity index is 1090. The highest BCUT2D eigenvalue weighted by Gasteiger charge is 2.39. The molecule has 0 radical (unpaired) electrons. The number of nitrogens with one attached hydrogen (secondary N) is 1. The van der Waals surface area contributed by atoms with Crippen LogP contribution in [0.2, 0.25) is 0 Å². The molecule has 9 nitrogen and oxygen atoms in total. The van der Waals surface area contributed by atoms with E-state index in [1.165, 1.54) is 35.1 Å². The van der Waals surface area contributed by atoms with Crippen LogP contribution in [0.25, 0.3) is 6.08 Å². The molecule has 34 heavy (non-hydrogen) atoms. The molecule has 0 saturated carbocycles. The number of pyridine rings is 1. The van der Waals surface area contributed by atoms with Crippen molar-refractivity contribution in [3.63, 3.8) is 0 Å². The number of nitrogens with zero attached hydrogens (tertiary/aromatic N) is 3. The summed E-state index contributed by atoms with van der Waals surface area (Å²) in [6.45, 7) is 0.883. The highest BCUT2D eigenvalue weighted by atomic mass is 19.1. The lowest BCUT2D eigenvalue weighted by Crippen LogP contribution is -2.42. The van der Waals surface area contributed by atoms with E-state index in [0.29, 0.717) is 18.8 Å². The van der Waals surface area contributed by atoms with Gasteiger partial charge in [-0.1, -0.05) is 6.07 Å². The van der Waals surface area contributed by atoms with Crippen molar-refractivity contribution in [3.05, 3.63) is 60.2 Å². The topological polar surface area (TPSA) is 101 Å². The van der Waals surface area contributed by atoms with Gasteiger partial charge < -0.3 is 24.6 Å². The number of morpholine rings is 1. The Labute approximate surface area is 196 Å². The molecule has 2 saturated heterocycles. The number of hydrogen-bond donors (Lipinski definition) is 1. The SMILES string of the molecule is CO[C@@H]1C[C@H](C(=O)Nc2ccc(N3CCOCC3=O)cc2F)N(C(=O)C=Cc2cccnc2)C1. The molecule has 0 aliphatic carbocycles. The lowest BCUT2D eigenvalue weighted by atomic mass is 10.1. The summed E-state index contributed by atoms with van der Waals surface area (Å²) in [6.07, 6.45) is 6.22. The van der Waals surface area contributed by atoms with Crippen LogP contribution in [-0.2, 0) is 23.9 Å². The number of likely N-dealkylation sites (tertiary alicyclic amines) is 1. The highest BCUT2D eigenvalue weighted by molar-refractivity contribution is 6.01. The van der Waals surface area contributed by atoms with Crippen molar-refractivity contribution in [2.24, 2.45) is 0 Å². The molecule has 1 aromatic heterocycles. The summed E-state index contributed by atoms with van der Waals surface area (Å²) in [5.74, 6) is -1.81. The van der Waals surface area contributed by atoms with Gasteiger partial charge in [-0.05, 0) is 35.9 Å². The van der Waals surface area contributed by atoms with E-state index < -0.39 is 17.8 Å². The molecule has 2 aromatic rings. The quantitative estimate of drug-likeness (QED) is 0.650. The Morgan fingerprint density at radius 2 is 2.18 bits per heavy atom. The molecule has 3 amide bonds. The van der Waals surface area contributed by atoms with Crippen LogP contribution in [0.1, 0.15) is 12.0 Å². The van der Waals surface area contributed by atoms with Crippen LogP contribution in [0.4, 0.5) is 15.8 Å². The molecule has 0 bridgehead atoms. The van der Waals surface area contributed by atoms with E-state index >= 15 is 0 Å². The standard InChI is InChI=1S/C24H25FN4O5/c1-33-18-12-21(29(14-18)22(30)7-4-16-3-2-8-26-13-16)24(32)27-20-6-5-17(11-19(20)25)28-9-10-34-15-23(28)31/h2-8,11,13,18,21H,9-10,12,14-15H2,1H3,(H,27,32)/t18-,21-/m1/s1. The van der Waals surface area contributed by atoms with Crippen molar-refractivity contribution in [2.75, 3.05) is 43.6 Å². The largest absolute Gasteiger partial charge is 0.380 e. The molecule has 0 unspecified atom stereocenters. The number of carbonyl (C=O) groups excluding carboxylic acids is 3. The zero-order chi connectivity index (χ0) is 24.1. The average molecular weight is 468 g/mol. The van der Waals surface area contributed by atoms with Crippen molar-refractivity contribution in [2.45, 2.75) is 18.6 Å². The minimum absolute atomic E-state index is 0.0337. The maximum absolute atomic E-state index is 14.8. The first-order chi connectivity index (χ1) is 16.5. The van der Waals surface area contributed by atoms with Gasteiger partial charge in [-0.25, -0.2) is 4.39 Å². The van der Waals surface area contributed by atoms with E-state index in [4.69, 9.17) is 9.47 Å². The average Bonchev–Trinajstić information content (AvgIpc) is 3.30. The Balaban J connectivity index is 1.46. The number of anilines is 2. The number of ether oxygens (including phenoxy) is 2. The van der Waals surface area contributed by atoms with Crippen molar-refractivity contribution in [3.8, 4) is 0 Å². The van der Waals surface area contributed by atoms with Crippen LogP contribution < -0.4 is 10.2 Å². The summed E-state index contributed by atoms with van der Waals surface area (Å²) < 4.78 is 25.2. The van der Waals surface area contributed by atoms with Gasteiger partial charge >= 0.3 is 0 Å². The third-order valence-electron chi connectivity index (χ3n) is 5.79. The van der Waals surface area contributed by atoms with Gasteiger partial charge in [-0.3, -0.25) is 19.4 Å².